The summed E-state index contributed by atoms with van der Waals surface area (Å²) in [6.45, 7) is 0. The van der Waals surface area contributed by atoms with Crippen LogP contribution in [0.25, 0.3) is 0 Å². The fourth-order valence-corrected chi connectivity index (χ4v) is 0.935. The molecule has 1 aromatic heterocycles. The van der Waals surface area contributed by atoms with E-state index in [0.29, 0.717) is 0 Å². The number of alkyl halides is 3. The van der Waals surface area contributed by atoms with Gasteiger partial charge in [-0.05, 0) is 0 Å². The van der Waals surface area contributed by atoms with E-state index >= 15 is 0 Å². The van der Waals surface area contributed by atoms with Gasteiger partial charge >= 0.3 is 6.18 Å². The summed E-state index contributed by atoms with van der Waals surface area (Å²) in [5.41, 5.74) is 0. The molecule has 0 aromatic carbocycles. The molecule has 0 aliphatic heterocycles. The first-order valence-electron chi connectivity index (χ1n) is 4.21. The van der Waals surface area contributed by atoms with Gasteiger partial charge in [-0.3, -0.25) is 4.79 Å². The highest BCUT2D eigenvalue weighted by molar-refractivity contribution is 6.29. The summed E-state index contributed by atoms with van der Waals surface area (Å²) in [6, 6.07) is 0. The molecule has 4 nitrogen and oxygen atoms in total. The van der Waals surface area contributed by atoms with Crippen LogP contribution in [0.15, 0.2) is 12.4 Å². The third-order valence-electron chi connectivity index (χ3n) is 1.52. The highest BCUT2D eigenvalue weighted by Crippen LogP contribution is 2.21. The number of nitrogens with one attached hydrogen (secondary N) is 1. The molecule has 88 valence electrons. The lowest BCUT2D eigenvalue weighted by atomic mass is 10.3. The van der Waals surface area contributed by atoms with Crippen LogP contribution in [0, 0.1) is 0 Å². The van der Waals surface area contributed by atoms with Gasteiger partial charge in [-0.25, -0.2) is 9.97 Å². The maximum Gasteiger partial charge on any atom is 0.389 e. The molecular weight excluding hydrogens is 247 g/mol. The third kappa shape index (κ3) is 4.92. The summed E-state index contributed by atoms with van der Waals surface area (Å²) in [7, 11) is 0. The topological polar surface area (TPSA) is 54.9 Å². The number of rotatable bonds is 3. The van der Waals surface area contributed by atoms with Crippen LogP contribution in [0.1, 0.15) is 12.8 Å². The zero-order valence-corrected chi connectivity index (χ0v) is 8.64. The number of carbonyl (C=O) groups is 1. The SMILES string of the molecule is O=C(CCC(F)(F)F)Nc1cnc(Cl)cn1. The van der Waals surface area contributed by atoms with E-state index in [1.165, 1.54) is 6.20 Å². The normalized spacial score (nSPS) is 11.2. The van der Waals surface area contributed by atoms with Crippen molar-refractivity contribution >= 4 is 23.3 Å². The van der Waals surface area contributed by atoms with Gasteiger partial charge in [0.2, 0.25) is 5.91 Å². The smallest absolute Gasteiger partial charge is 0.309 e. The number of hydrogen-bond donors (Lipinski definition) is 1. The molecule has 0 saturated heterocycles. The van der Waals surface area contributed by atoms with Gasteiger partial charge in [0, 0.05) is 6.42 Å². The van der Waals surface area contributed by atoms with Crippen LogP contribution in [-0.4, -0.2) is 22.1 Å². The van der Waals surface area contributed by atoms with Crippen molar-refractivity contribution in [1.82, 2.24) is 9.97 Å². The molecule has 1 heterocycles. The predicted molar refractivity (Wildman–Crippen MR) is 51.0 cm³/mol. The van der Waals surface area contributed by atoms with Crippen molar-refractivity contribution in [3.8, 4) is 0 Å². The molecule has 1 amide bonds. The predicted octanol–water partition coefficient (Wildman–Crippen LogP) is 2.41. The number of anilines is 1. The Balaban J connectivity index is 2.43. The molecule has 0 unspecified atom stereocenters. The molecule has 0 saturated carbocycles. The van der Waals surface area contributed by atoms with Crippen molar-refractivity contribution in [2.45, 2.75) is 19.0 Å². The zero-order valence-electron chi connectivity index (χ0n) is 7.88. The number of aromatic nitrogens is 2. The molecule has 8 heteroatoms. The van der Waals surface area contributed by atoms with Gasteiger partial charge in [0.1, 0.15) is 5.15 Å². The van der Waals surface area contributed by atoms with E-state index in [1.807, 2.05) is 0 Å². The van der Waals surface area contributed by atoms with Gasteiger partial charge in [0.05, 0.1) is 18.8 Å². The van der Waals surface area contributed by atoms with Crippen molar-refractivity contribution in [2.75, 3.05) is 5.32 Å². The molecule has 0 bridgehead atoms. The summed E-state index contributed by atoms with van der Waals surface area (Å²) in [5.74, 6) is -0.703. The number of hydrogen-bond acceptors (Lipinski definition) is 3. The molecule has 0 atom stereocenters. The van der Waals surface area contributed by atoms with E-state index in [-0.39, 0.29) is 11.0 Å². The van der Waals surface area contributed by atoms with E-state index in [4.69, 9.17) is 11.6 Å². The van der Waals surface area contributed by atoms with Crippen molar-refractivity contribution < 1.29 is 18.0 Å². The first-order valence-corrected chi connectivity index (χ1v) is 4.59. The van der Waals surface area contributed by atoms with Crippen LogP contribution >= 0.6 is 11.6 Å². The summed E-state index contributed by atoms with van der Waals surface area (Å²) >= 11 is 5.43. The van der Waals surface area contributed by atoms with Gasteiger partial charge in [-0.2, -0.15) is 13.2 Å². The molecule has 1 N–H and O–H groups in total. The summed E-state index contributed by atoms with van der Waals surface area (Å²) in [5, 5.41) is 2.30. The average Bonchev–Trinajstić information content (AvgIpc) is 2.18. The van der Waals surface area contributed by atoms with Gasteiger partial charge in [0.25, 0.3) is 0 Å². The molecule has 0 aliphatic rings. The highest BCUT2D eigenvalue weighted by atomic mass is 35.5. The molecule has 0 spiro atoms. The first kappa shape index (κ1) is 12.7. The lowest BCUT2D eigenvalue weighted by molar-refractivity contribution is -0.142. The number of halogens is 4. The Morgan fingerprint density at radius 3 is 2.56 bits per heavy atom. The second-order valence-electron chi connectivity index (χ2n) is 2.89. The van der Waals surface area contributed by atoms with Crippen molar-refractivity contribution in [1.29, 1.82) is 0 Å². The Kier molecular flexibility index (Phi) is 4.05. The number of nitrogens with zero attached hydrogens (tertiary/aromatic N) is 2. The summed E-state index contributed by atoms with van der Waals surface area (Å²) in [6.07, 6.45) is -3.81. The fourth-order valence-electron chi connectivity index (χ4n) is 0.837. The van der Waals surface area contributed by atoms with Gasteiger partial charge in [-0.15, -0.1) is 0 Å². The van der Waals surface area contributed by atoms with Crippen molar-refractivity contribution in [3.63, 3.8) is 0 Å². The Morgan fingerprint density at radius 1 is 1.38 bits per heavy atom. The first-order chi connectivity index (χ1) is 7.37. The number of carbonyl (C=O) groups excluding carboxylic acids is 1. The largest absolute Gasteiger partial charge is 0.389 e. The minimum Gasteiger partial charge on any atom is -0.309 e. The van der Waals surface area contributed by atoms with Crippen LogP contribution in [0.3, 0.4) is 0 Å². The molecule has 16 heavy (non-hydrogen) atoms. The maximum atomic E-state index is 11.8. The van der Waals surface area contributed by atoms with E-state index in [9.17, 15) is 18.0 Å². The Morgan fingerprint density at radius 2 is 2.06 bits per heavy atom. The van der Waals surface area contributed by atoms with Crippen molar-refractivity contribution in [2.24, 2.45) is 0 Å². The molecule has 1 aromatic rings. The van der Waals surface area contributed by atoms with E-state index in [0.717, 1.165) is 6.20 Å². The molecule has 1 rings (SSSR count). The van der Waals surface area contributed by atoms with E-state index in [1.54, 1.807) is 0 Å². The number of amides is 1. The Hall–Kier alpha value is -1.37. The quantitative estimate of drug-likeness (QED) is 0.900. The summed E-state index contributed by atoms with van der Waals surface area (Å²) in [4.78, 5) is 18.3. The lowest BCUT2D eigenvalue weighted by Crippen LogP contribution is -2.17. The maximum absolute atomic E-state index is 11.8. The third-order valence-corrected chi connectivity index (χ3v) is 1.72. The van der Waals surface area contributed by atoms with Gasteiger partial charge < -0.3 is 5.32 Å². The van der Waals surface area contributed by atoms with Crippen molar-refractivity contribution in [3.05, 3.63) is 17.5 Å². The Bertz CT molecular complexity index is 366. The van der Waals surface area contributed by atoms with Crippen LogP contribution in [0.4, 0.5) is 19.0 Å². The van der Waals surface area contributed by atoms with E-state index < -0.39 is 24.9 Å². The van der Waals surface area contributed by atoms with E-state index in [2.05, 4.69) is 15.3 Å². The molecule has 0 aliphatic carbocycles. The minimum absolute atomic E-state index is 0.0663. The Labute approximate surface area is 93.8 Å². The zero-order chi connectivity index (χ0) is 12.2. The standard InChI is InChI=1S/C8H7ClF3N3O/c9-5-3-14-6(4-13-5)15-7(16)1-2-8(10,11)12/h3-4H,1-2H2,(H,14,15,16). The minimum atomic E-state index is -4.34. The van der Waals surface area contributed by atoms with Gasteiger partial charge in [0.15, 0.2) is 5.82 Å². The monoisotopic (exact) mass is 253 g/mol. The van der Waals surface area contributed by atoms with Crippen LogP contribution in [0.2, 0.25) is 5.15 Å². The molecular formula is C8H7ClF3N3O. The summed E-state index contributed by atoms with van der Waals surface area (Å²) < 4.78 is 35.3. The van der Waals surface area contributed by atoms with Gasteiger partial charge in [-0.1, -0.05) is 11.6 Å². The molecule has 0 radical (unpaired) electrons. The molecule has 0 fully saturated rings. The van der Waals surface area contributed by atoms with Crippen LogP contribution in [-0.2, 0) is 4.79 Å². The fraction of sp³-hybridized carbons (Fsp3) is 0.375. The highest BCUT2D eigenvalue weighted by Gasteiger charge is 2.27. The van der Waals surface area contributed by atoms with Crippen LogP contribution in [0.5, 0.6) is 0 Å². The second-order valence-corrected chi connectivity index (χ2v) is 3.27. The lowest BCUT2D eigenvalue weighted by Gasteiger charge is -2.06. The average molecular weight is 254 g/mol. The van der Waals surface area contributed by atoms with Crippen LogP contribution < -0.4 is 5.32 Å². The second kappa shape index (κ2) is 5.11.